The van der Waals surface area contributed by atoms with Crippen molar-refractivity contribution in [3.63, 3.8) is 0 Å². The number of carboxylic acid groups (broad SMARTS) is 1. The highest BCUT2D eigenvalue weighted by atomic mass is 16.6. The maximum atomic E-state index is 12.2. The van der Waals surface area contributed by atoms with E-state index in [-0.39, 0.29) is 30.5 Å². The van der Waals surface area contributed by atoms with Crippen molar-refractivity contribution in [1.29, 1.82) is 0 Å². The molecule has 0 radical (unpaired) electrons. The summed E-state index contributed by atoms with van der Waals surface area (Å²) in [6.45, 7) is 10.2. The second-order valence-electron chi connectivity index (χ2n) is 8.66. The highest BCUT2D eigenvalue weighted by molar-refractivity contribution is 5.78. The molecule has 0 saturated heterocycles. The van der Waals surface area contributed by atoms with Crippen molar-refractivity contribution in [3.8, 4) is 11.5 Å². The zero-order valence-electron chi connectivity index (χ0n) is 20.1. The van der Waals surface area contributed by atoms with E-state index >= 15 is 0 Å². The van der Waals surface area contributed by atoms with Crippen LogP contribution in [0.4, 0.5) is 0 Å². The molecule has 1 aromatic carbocycles. The van der Waals surface area contributed by atoms with Crippen molar-refractivity contribution < 1.29 is 38.5 Å². The van der Waals surface area contributed by atoms with Gasteiger partial charge in [-0.3, -0.25) is 19.2 Å². The lowest BCUT2D eigenvalue weighted by atomic mass is 9.82. The van der Waals surface area contributed by atoms with Crippen LogP contribution in [0.2, 0.25) is 0 Å². The molecular formula is C24H35NO8. The average molecular weight is 466 g/mol. The Bertz CT molecular complexity index is 849. The second kappa shape index (κ2) is 12.9. The summed E-state index contributed by atoms with van der Waals surface area (Å²) in [6.07, 6.45) is 0.889. The number of esters is 3. The molecule has 1 rings (SSSR count). The first-order chi connectivity index (χ1) is 15.4. The van der Waals surface area contributed by atoms with E-state index in [0.717, 1.165) is 0 Å². The standard InChI is InChI=1S/C24H35NO8/c1-7-8-19(26)31-12-15(6)20(21(25)22(27)28)16-9-10-17(32-23(29)13(2)3)18(11-16)33-24(30)14(4)5/h9-11,13-15,20-21H,7-8,12,25H2,1-6H3,(H,27,28)/t15?,20?,21-/m0/s1. The van der Waals surface area contributed by atoms with Gasteiger partial charge in [0.2, 0.25) is 0 Å². The molecule has 0 spiro atoms. The third-order valence-electron chi connectivity index (χ3n) is 4.96. The number of carbonyl (C=O) groups is 4. The zero-order valence-corrected chi connectivity index (χ0v) is 20.1. The van der Waals surface area contributed by atoms with Gasteiger partial charge in [-0.2, -0.15) is 0 Å². The van der Waals surface area contributed by atoms with Crippen molar-refractivity contribution in [3.05, 3.63) is 23.8 Å². The molecule has 9 nitrogen and oxygen atoms in total. The Kier molecular flexibility index (Phi) is 11.0. The van der Waals surface area contributed by atoms with Gasteiger partial charge in [0, 0.05) is 12.3 Å². The SMILES string of the molecule is CCCC(=O)OCC(C)C(c1ccc(OC(=O)C(C)C)c(OC(=O)C(C)C)c1)[C@H](N)C(=O)O. The van der Waals surface area contributed by atoms with Gasteiger partial charge in [0.05, 0.1) is 18.4 Å². The molecule has 0 aromatic heterocycles. The summed E-state index contributed by atoms with van der Waals surface area (Å²) in [7, 11) is 0. The first kappa shape index (κ1) is 28.1. The number of ether oxygens (including phenoxy) is 3. The lowest BCUT2D eigenvalue weighted by Gasteiger charge is -2.28. The molecule has 9 heteroatoms. The van der Waals surface area contributed by atoms with Gasteiger partial charge in [0.1, 0.15) is 6.04 Å². The molecule has 184 valence electrons. The minimum atomic E-state index is -1.32. The Hall–Kier alpha value is -2.94. The molecule has 0 bridgehead atoms. The molecule has 3 N–H and O–H groups in total. The highest BCUT2D eigenvalue weighted by Crippen LogP contribution is 2.36. The summed E-state index contributed by atoms with van der Waals surface area (Å²) < 4.78 is 16.1. The van der Waals surface area contributed by atoms with E-state index in [1.54, 1.807) is 40.7 Å². The lowest BCUT2D eigenvalue weighted by molar-refractivity contribution is -0.145. The number of aliphatic carboxylic acids is 1. The molecule has 0 aliphatic rings. The topological polar surface area (TPSA) is 142 Å². The molecule has 0 fully saturated rings. The lowest BCUT2D eigenvalue weighted by Crippen LogP contribution is -2.40. The van der Waals surface area contributed by atoms with Crippen LogP contribution in [0, 0.1) is 17.8 Å². The summed E-state index contributed by atoms with van der Waals surface area (Å²) in [4.78, 5) is 47.8. The van der Waals surface area contributed by atoms with Gasteiger partial charge < -0.3 is 25.1 Å². The Labute approximate surface area is 194 Å². The van der Waals surface area contributed by atoms with Crippen LogP contribution < -0.4 is 15.2 Å². The number of carbonyl (C=O) groups excluding carboxylic acids is 3. The number of hydrogen-bond donors (Lipinski definition) is 2. The van der Waals surface area contributed by atoms with E-state index in [0.29, 0.717) is 12.0 Å². The van der Waals surface area contributed by atoms with Crippen LogP contribution in [0.1, 0.15) is 65.9 Å². The van der Waals surface area contributed by atoms with Gasteiger partial charge in [-0.05, 0) is 30.0 Å². The Morgan fingerprint density at radius 1 is 0.939 bits per heavy atom. The van der Waals surface area contributed by atoms with Gasteiger partial charge >= 0.3 is 23.9 Å². The Morgan fingerprint density at radius 2 is 1.48 bits per heavy atom. The van der Waals surface area contributed by atoms with Crippen molar-refractivity contribution in [2.75, 3.05) is 6.61 Å². The van der Waals surface area contributed by atoms with Crippen molar-refractivity contribution in [1.82, 2.24) is 0 Å². The first-order valence-electron chi connectivity index (χ1n) is 11.1. The van der Waals surface area contributed by atoms with E-state index in [1.807, 2.05) is 6.92 Å². The summed E-state index contributed by atoms with van der Waals surface area (Å²) in [5.41, 5.74) is 6.43. The monoisotopic (exact) mass is 465 g/mol. The average Bonchev–Trinajstić information content (AvgIpc) is 2.73. The third kappa shape index (κ3) is 8.49. The largest absolute Gasteiger partial charge is 0.480 e. The van der Waals surface area contributed by atoms with Gasteiger partial charge in [-0.15, -0.1) is 0 Å². The number of nitrogens with two attached hydrogens (primary N) is 1. The summed E-state index contributed by atoms with van der Waals surface area (Å²) in [5, 5.41) is 9.56. The molecule has 0 aliphatic carbocycles. The summed E-state index contributed by atoms with van der Waals surface area (Å²) in [5.74, 6) is -4.75. The molecule has 2 unspecified atom stereocenters. The highest BCUT2D eigenvalue weighted by Gasteiger charge is 2.33. The van der Waals surface area contributed by atoms with E-state index in [1.165, 1.54) is 12.1 Å². The van der Waals surface area contributed by atoms with Gasteiger partial charge in [-0.25, -0.2) is 0 Å². The van der Waals surface area contributed by atoms with Crippen molar-refractivity contribution in [2.45, 2.75) is 66.3 Å². The molecule has 0 saturated carbocycles. The minimum absolute atomic E-state index is 0.0158. The number of rotatable bonds is 12. The molecule has 3 atom stereocenters. The van der Waals surface area contributed by atoms with Crippen LogP contribution in [0.15, 0.2) is 18.2 Å². The quantitative estimate of drug-likeness (QED) is 0.351. The third-order valence-corrected chi connectivity index (χ3v) is 4.96. The molecule has 0 heterocycles. The van der Waals surface area contributed by atoms with Crippen molar-refractivity contribution in [2.24, 2.45) is 23.5 Å². The molecule has 1 aromatic rings. The summed E-state index contributed by atoms with van der Waals surface area (Å²) >= 11 is 0. The van der Waals surface area contributed by atoms with E-state index < -0.39 is 47.6 Å². The van der Waals surface area contributed by atoms with E-state index in [4.69, 9.17) is 19.9 Å². The van der Waals surface area contributed by atoms with Gasteiger partial charge in [0.25, 0.3) is 0 Å². The van der Waals surface area contributed by atoms with E-state index in [9.17, 15) is 24.3 Å². The fraction of sp³-hybridized carbons (Fsp3) is 0.583. The van der Waals surface area contributed by atoms with Gasteiger partial charge in [-0.1, -0.05) is 47.6 Å². The van der Waals surface area contributed by atoms with E-state index in [2.05, 4.69) is 0 Å². The number of hydrogen-bond acceptors (Lipinski definition) is 8. The normalized spacial score (nSPS) is 13.8. The second-order valence-corrected chi connectivity index (χ2v) is 8.66. The first-order valence-corrected chi connectivity index (χ1v) is 11.1. The number of carboxylic acids is 1. The molecule has 33 heavy (non-hydrogen) atoms. The smallest absolute Gasteiger partial charge is 0.321 e. The van der Waals surface area contributed by atoms with Crippen LogP contribution in [-0.4, -0.2) is 41.6 Å². The molecular weight excluding hydrogens is 430 g/mol. The predicted octanol–water partition coefficient (Wildman–Crippen LogP) is 3.28. The van der Waals surface area contributed by atoms with Crippen LogP contribution in [0.3, 0.4) is 0 Å². The fourth-order valence-electron chi connectivity index (χ4n) is 3.00. The zero-order chi connectivity index (χ0) is 25.3. The molecule has 0 amide bonds. The Morgan fingerprint density at radius 3 is 1.97 bits per heavy atom. The molecule has 0 aliphatic heterocycles. The Balaban J connectivity index is 3.37. The fourth-order valence-corrected chi connectivity index (χ4v) is 3.00. The predicted molar refractivity (Wildman–Crippen MR) is 121 cm³/mol. The van der Waals surface area contributed by atoms with Crippen LogP contribution >= 0.6 is 0 Å². The van der Waals surface area contributed by atoms with Crippen molar-refractivity contribution >= 4 is 23.9 Å². The summed E-state index contributed by atoms with van der Waals surface area (Å²) in [6, 6.07) is 3.13. The maximum Gasteiger partial charge on any atom is 0.321 e. The number of benzene rings is 1. The van der Waals surface area contributed by atoms with Gasteiger partial charge in [0.15, 0.2) is 11.5 Å². The maximum absolute atomic E-state index is 12.2. The van der Waals surface area contributed by atoms with Crippen LogP contribution in [0.5, 0.6) is 11.5 Å². The van der Waals surface area contributed by atoms with Crippen LogP contribution in [0.25, 0.3) is 0 Å². The van der Waals surface area contributed by atoms with Crippen LogP contribution in [-0.2, 0) is 23.9 Å². The minimum Gasteiger partial charge on any atom is -0.480 e.